The molecule has 2 aromatic carbocycles. The largest absolute Gasteiger partial charge is 0.135 e. The van der Waals surface area contributed by atoms with E-state index < -0.39 is 0 Å². The standard InChI is InChI=1S/C18H18S/c1-11-7-8-13-10-16-14-5-3-4-6-17(14)19-18(16)12(2)15(13)9-11/h3-6,10-11H,7-9H2,1-2H3. The Morgan fingerprint density at radius 3 is 2.89 bits per heavy atom. The van der Waals surface area contributed by atoms with Gasteiger partial charge >= 0.3 is 0 Å². The Hall–Kier alpha value is -1.34. The minimum absolute atomic E-state index is 0.845. The van der Waals surface area contributed by atoms with Crippen molar-refractivity contribution in [2.75, 3.05) is 0 Å². The lowest BCUT2D eigenvalue weighted by atomic mass is 9.82. The first-order valence-electron chi connectivity index (χ1n) is 7.16. The molecule has 1 atom stereocenters. The van der Waals surface area contributed by atoms with Gasteiger partial charge in [0.2, 0.25) is 0 Å². The molecule has 3 aromatic rings. The molecule has 1 aliphatic carbocycles. The zero-order valence-corrected chi connectivity index (χ0v) is 12.3. The van der Waals surface area contributed by atoms with Gasteiger partial charge in [-0.05, 0) is 60.9 Å². The van der Waals surface area contributed by atoms with Crippen LogP contribution in [0.15, 0.2) is 30.3 Å². The molecule has 1 aliphatic rings. The van der Waals surface area contributed by atoms with Crippen LogP contribution in [0, 0.1) is 12.8 Å². The molecule has 0 aliphatic heterocycles. The van der Waals surface area contributed by atoms with Crippen molar-refractivity contribution in [2.45, 2.75) is 33.1 Å². The third kappa shape index (κ3) is 1.64. The molecule has 0 saturated heterocycles. The Morgan fingerprint density at radius 1 is 1.16 bits per heavy atom. The van der Waals surface area contributed by atoms with Crippen LogP contribution in [0.25, 0.3) is 20.2 Å². The van der Waals surface area contributed by atoms with Crippen LogP contribution in [0.3, 0.4) is 0 Å². The smallest absolute Gasteiger partial charge is 0.0387 e. The molecule has 0 amide bonds. The van der Waals surface area contributed by atoms with E-state index in [1.165, 1.54) is 39.4 Å². The lowest BCUT2D eigenvalue weighted by molar-refractivity contribution is 0.500. The van der Waals surface area contributed by atoms with Gasteiger partial charge in [0.1, 0.15) is 0 Å². The van der Waals surface area contributed by atoms with Crippen molar-refractivity contribution in [1.29, 1.82) is 0 Å². The van der Waals surface area contributed by atoms with E-state index in [1.807, 2.05) is 11.3 Å². The lowest BCUT2D eigenvalue weighted by Gasteiger charge is -2.23. The second kappa shape index (κ2) is 4.08. The van der Waals surface area contributed by atoms with Crippen molar-refractivity contribution >= 4 is 31.5 Å². The van der Waals surface area contributed by atoms with Crippen LogP contribution in [-0.4, -0.2) is 0 Å². The van der Waals surface area contributed by atoms with E-state index in [-0.39, 0.29) is 0 Å². The molecule has 1 aromatic heterocycles. The summed E-state index contributed by atoms with van der Waals surface area (Å²) in [6.45, 7) is 4.71. The molecule has 4 rings (SSSR count). The predicted octanol–water partition coefficient (Wildman–Crippen LogP) is 5.49. The monoisotopic (exact) mass is 266 g/mol. The summed E-state index contributed by atoms with van der Waals surface area (Å²) in [7, 11) is 0. The van der Waals surface area contributed by atoms with Crippen molar-refractivity contribution in [3.63, 3.8) is 0 Å². The Kier molecular flexibility index (Phi) is 2.46. The molecule has 0 fully saturated rings. The quantitative estimate of drug-likeness (QED) is 0.505. The number of aryl methyl sites for hydroxylation is 2. The number of hydrogen-bond donors (Lipinski definition) is 0. The van der Waals surface area contributed by atoms with Gasteiger partial charge in [0.15, 0.2) is 0 Å². The molecule has 1 heterocycles. The van der Waals surface area contributed by atoms with Gasteiger partial charge in [-0.2, -0.15) is 0 Å². The number of rotatable bonds is 0. The maximum Gasteiger partial charge on any atom is 0.0387 e. The molecule has 0 saturated carbocycles. The molecule has 1 heteroatoms. The van der Waals surface area contributed by atoms with Crippen molar-refractivity contribution in [1.82, 2.24) is 0 Å². The minimum atomic E-state index is 0.845. The highest BCUT2D eigenvalue weighted by atomic mass is 32.1. The number of benzene rings is 2. The number of hydrogen-bond acceptors (Lipinski definition) is 1. The van der Waals surface area contributed by atoms with Crippen molar-refractivity contribution in [3.8, 4) is 0 Å². The van der Waals surface area contributed by atoms with E-state index in [4.69, 9.17) is 0 Å². The second-order valence-corrected chi connectivity index (χ2v) is 7.01. The summed E-state index contributed by atoms with van der Waals surface area (Å²) in [5.41, 5.74) is 4.78. The molecule has 0 radical (unpaired) electrons. The summed E-state index contributed by atoms with van der Waals surface area (Å²) in [6, 6.07) is 11.3. The predicted molar refractivity (Wildman–Crippen MR) is 85.3 cm³/mol. The first-order chi connectivity index (χ1) is 9.24. The summed E-state index contributed by atoms with van der Waals surface area (Å²) in [5.74, 6) is 0.845. The Labute approximate surface area is 118 Å². The van der Waals surface area contributed by atoms with E-state index in [0.717, 1.165) is 5.92 Å². The van der Waals surface area contributed by atoms with Crippen LogP contribution >= 0.6 is 11.3 Å². The first-order valence-corrected chi connectivity index (χ1v) is 7.98. The fourth-order valence-corrected chi connectivity index (χ4v) is 4.70. The topological polar surface area (TPSA) is 0 Å². The van der Waals surface area contributed by atoms with Crippen molar-refractivity contribution in [3.05, 3.63) is 47.0 Å². The molecule has 96 valence electrons. The van der Waals surface area contributed by atoms with Crippen LogP contribution < -0.4 is 0 Å². The molecular weight excluding hydrogens is 248 g/mol. The van der Waals surface area contributed by atoms with Gasteiger partial charge in [-0.1, -0.05) is 25.1 Å². The average Bonchev–Trinajstić information content (AvgIpc) is 2.79. The van der Waals surface area contributed by atoms with E-state index in [2.05, 4.69) is 44.2 Å². The molecule has 0 spiro atoms. The highest BCUT2D eigenvalue weighted by molar-refractivity contribution is 7.26. The Bertz CT molecular complexity index is 779. The summed E-state index contributed by atoms with van der Waals surface area (Å²) in [5, 5.41) is 2.92. The van der Waals surface area contributed by atoms with Gasteiger partial charge in [0.25, 0.3) is 0 Å². The first kappa shape index (κ1) is 11.5. The van der Waals surface area contributed by atoms with Crippen LogP contribution in [0.5, 0.6) is 0 Å². The van der Waals surface area contributed by atoms with Gasteiger partial charge in [-0.3, -0.25) is 0 Å². The number of thiophene rings is 1. The molecule has 0 N–H and O–H groups in total. The molecule has 0 bridgehead atoms. The molecular formula is C18H18S. The molecule has 1 unspecified atom stereocenters. The van der Waals surface area contributed by atoms with Crippen molar-refractivity contribution < 1.29 is 0 Å². The Morgan fingerprint density at radius 2 is 2.00 bits per heavy atom. The maximum absolute atomic E-state index is 2.47. The second-order valence-electron chi connectivity index (χ2n) is 5.96. The number of fused-ring (bicyclic) bond motifs is 4. The van der Waals surface area contributed by atoms with Crippen molar-refractivity contribution in [2.24, 2.45) is 5.92 Å². The van der Waals surface area contributed by atoms with Gasteiger partial charge < -0.3 is 0 Å². The normalized spacial score (nSPS) is 18.9. The average molecular weight is 266 g/mol. The molecule has 19 heavy (non-hydrogen) atoms. The fraction of sp³-hybridized carbons (Fsp3) is 0.333. The van der Waals surface area contributed by atoms with E-state index in [0.29, 0.717) is 0 Å². The van der Waals surface area contributed by atoms with Gasteiger partial charge in [-0.25, -0.2) is 0 Å². The lowest BCUT2D eigenvalue weighted by Crippen LogP contribution is -2.12. The van der Waals surface area contributed by atoms with E-state index in [1.54, 1.807) is 16.7 Å². The minimum Gasteiger partial charge on any atom is -0.135 e. The summed E-state index contributed by atoms with van der Waals surface area (Å²) < 4.78 is 2.94. The van der Waals surface area contributed by atoms with Crippen LogP contribution in [-0.2, 0) is 12.8 Å². The highest BCUT2D eigenvalue weighted by Gasteiger charge is 2.20. The van der Waals surface area contributed by atoms with E-state index >= 15 is 0 Å². The summed E-state index contributed by atoms with van der Waals surface area (Å²) in [6.07, 6.45) is 3.88. The fourth-order valence-electron chi connectivity index (χ4n) is 3.49. The molecule has 0 nitrogen and oxygen atoms in total. The van der Waals surface area contributed by atoms with Crippen LogP contribution in [0.4, 0.5) is 0 Å². The summed E-state index contributed by atoms with van der Waals surface area (Å²) >= 11 is 1.96. The van der Waals surface area contributed by atoms with Gasteiger partial charge in [0.05, 0.1) is 0 Å². The highest BCUT2D eigenvalue weighted by Crippen LogP contribution is 2.40. The zero-order chi connectivity index (χ0) is 13.0. The van der Waals surface area contributed by atoms with Crippen LogP contribution in [0.2, 0.25) is 0 Å². The summed E-state index contributed by atoms with van der Waals surface area (Å²) in [4.78, 5) is 0. The zero-order valence-electron chi connectivity index (χ0n) is 11.5. The maximum atomic E-state index is 2.47. The van der Waals surface area contributed by atoms with Crippen LogP contribution in [0.1, 0.15) is 30.0 Å². The third-order valence-electron chi connectivity index (χ3n) is 4.59. The van der Waals surface area contributed by atoms with Gasteiger partial charge in [0, 0.05) is 20.2 Å². The third-order valence-corrected chi connectivity index (χ3v) is 5.90. The SMILES string of the molecule is Cc1c2c(cc3c1sc1ccccc13)CCC(C)C2. The van der Waals surface area contributed by atoms with Gasteiger partial charge in [-0.15, -0.1) is 11.3 Å². The van der Waals surface area contributed by atoms with E-state index in [9.17, 15) is 0 Å². The Balaban J connectivity index is 2.11.